The van der Waals surface area contributed by atoms with Gasteiger partial charge in [0, 0.05) is 23.4 Å². The summed E-state index contributed by atoms with van der Waals surface area (Å²) in [5.74, 6) is -1.74. The lowest BCUT2D eigenvalue weighted by molar-refractivity contribution is -0.255. The minimum Gasteiger partial charge on any atom is -0.545 e. The van der Waals surface area contributed by atoms with Gasteiger partial charge in [-0.15, -0.1) is 0 Å². The van der Waals surface area contributed by atoms with E-state index in [0.717, 1.165) is 6.42 Å². The molecule has 0 fully saturated rings. The average molecular weight is 325 g/mol. The molecular formula is C18H17N2O4-. The first-order valence-electron chi connectivity index (χ1n) is 7.52. The van der Waals surface area contributed by atoms with Crippen LogP contribution >= 0.6 is 0 Å². The van der Waals surface area contributed by atoms with Crippen LogP contribution < -0.4 is 15.7 Å². The highest BCUT2D eigenvalue weighted by Crippen LogP contribution is 2.15. The summed E-state index contributed by atoms with van der Waals surface area (Å²) in [5, 5.41) is 16.1. The lowest BCUT2D eigenvalue weighted by atomic mass is 10.1. The molecule has 2 N–H and O–H groups in total. The molecule has 0 saturated carbocycles. The van der Waals surface area contributed by atoms with Crippen LogP contribution in [0, 0.1) is 0 Å². The summed E-state index contributed by atoms with van der Waals surface area (Å²) in [5.41, 5.74) is 1.43. The highest BCUT2D eigenvalue weighted by atomic mass is 16.4. The number of carbonyl (C=O) groups excluding carboxylic acids is 3. The largest absolute Gasteiger partial charge is 0.545 e. The smallest absolute Gasteiger partial charge is 0.255 e. The number of carboxylic acid groups (broad SMARTS) is 1. The second kappa shape index (κ2) is 7.92. The standard InChI is InChI=1S/C18H18N2O4/c1-2-4-16(21)19-15-6-3-5-13(11-15)17(22)20-14-9-7-12(8-10-14)18(23)24/h3,5-11H,2,4H2,1H3,(H,19,21)(H,20,22)(H,23,24)/p-1. The lowest BCUT2D eigenvalue weighted by Crippen LogP contribution is -2.22. The zero-order valence-corrected chi connectivity index (χ0v) is 13.2. The summed E-state index contributed by atoms with van der Waals surface area (Å²) < 4.78 is 0. The number of nitrogens with one attached hydrogen (secondary N) is 2. The molecule has 24 heavy (non-hydrogen) atoms. The third-order valence-electron chi connectivity index (χ3n) is 3.26. The summed E-state index contributed by atoms with van der Waals surface area (Å²) in [7, 11) is 0. The molecule has 0 bridgehead atoms. The monoisotopic (exact) mass is 325 g/mol. The normalized spacial score (nSPS) is 10.0. The Morgan fingerprint density at radius 1 is 0.917 bits per heavy atom. The van der Waals surface area contributed by atoms with Crippen LogP contribution in [0.25, 0.3) is 0 Å². The molecule has 0 aliphatic rings. The van der Waals surface area contributed by atoms with Crippen LogP contribution in [0.3, 0.4) is 0 Å². The first-order valence-corrected chi connectivity index (χ1v) is 7.52. The number of aromatic carboxylic acids is 1. The summed E-state index contributed by atoms with van der Waals surface area (Å²) in [6.45, 7) is 1.91. The molecule has 0 aromatic heterocycles. The van der Waals surface area contributed by atoms with Gasteiger partial charge in [0.1, 0.15) is 0 Å². The van der Waals surface area contributed by atoms with Crippen LogP contribution in [0.15, 0.2) is 48.5 Å². The van der Waals surface area contributed by atoms with Crippen LogP contribution in [0.1, 0.15) is 40.5 Å². The Bertz CT molecular complexity index is 754. The number of hydrogen-bond donors (Lipinski definition) is 2. The number of amides is 2. The summed E-state index contributed by atoms with van der Waals surface area (Å²) >= 11 is 0. The van der Waals surface area contributed by atoms with E-state index in [1.165, 1.54) is 24.3 Å². The van der Waals surface area contributed by atoms with Crippen molar-refractivity contribution in [2.45, 2.75) is 19.8 Å². The van der Waals surface area contributed by atoms with Gasteiger partial charge in [0.05, 0.1) is 5.97 Å². The van der Waals surface area contributed by atoms with Crippen LogP contribution in [-0.2, 0) is 4.79 Å². The van der Waals surface area contributed by atoms with E-state index >= 15 is 0 Å². The summed E-state index contributed by atoms with van der Waals surface area (Å²) in [6, 6.07) is 12.3. The number of benzene rings is 2. The summed E-state index contributed by atoms with van der Waals surface area (Å²) in [4.78, 5) is 34.5. The van der Waals surface area contributed by atoms with Gasteiger partial charge in [-0.2, -0.15) is 0 Å². The Labute approximate surface area is 139 Å². The molecule has 2 aromatic carbocycles. The minimum atomic E-state index is -1.27. The van der Waals surface area contributed by atoms with Crippen molar-refractivity contribution in [2.24, 2.45) is 0 Å². The third-order valence-corrected chi connectivity index (χ3v) is 3.26. The van der Waals surface area contributed by atoms with E-state index in [-0.39, 0.29) is 17.4 Å². The zero-order valence-electron chi connectivity index (χ0n) is 13.2. The molecule has 2 aromatic rings. The van der Waals surface area contributed by atoms with Gasteiger partial charge >= 0.3 is 0 Å². The first kappa shape index (κ1) is 17.2. The maximum Gasteiger partial charge on any atom is 0.255 e. The molecule has 0 saturated heterocycles. The fourth-order valence-electron chi connectivity index (χ4n) is 2.08. The van der Waals surface area contributed by atoms with Crippen LogP contribution in [-0.4, -0.2) is 17.8 Å². The van der Waals surface area contributed by atoms with E-state index in [1.54, 1.807) is 24.3 Å². The van der Waals surface area contributed by atoms with Gasteiger partial charge in [0.2, 0.25) is 5.91 Å². The number of carboxylic acids is 1. The van der Waals surface area contributed by atoms with Gasteiger partial charge in [-0.3, -0.25) is 9.59 Å². The van der Waals surface area contributed by atoms with Gasteiger partial charge in [0.25, 0.3) is 5.91 Å². The van der Waals surface area contributed by atoms with Gasteiger partial charge in [-0.05, 0) is 42.3 Å². The molecule has 6 heteroatoms. The van der Waals surface area contributed by atoms with E-state index in [2.05, 4.69) is 10.6 Å². The Balaban J connectivity index is 2.06. The number of carbonyl (C=O) groups is 3. The predicted molar refractivity (Wildman–Crippen MR) is 88.7 cm³/mol. The number of hydrogen-bond acceptors (Lipinski definition) is 4. The lowest BCUT2D eigenvalue weighted by Gasteiger charge is -2.09. The average Bonchev–Trinajstić information content (AvgIpc) is 2.55. The molecule has 0 aliphatic heterocycles. The Morgan fingerprint density at radius 3 is 2.25 bits per heavy atom. The van der Waals surface area contributed by atoms with Crippen molar-refractivity contribution < 1.29 is 19.5 Å². The van der Waals surface area contributed by atoms with Crippen molar-refractivity contribution in [2.75, 3.05) is 10.6 Å². The highest BCUT2D eigenvalue weighted by molar-refractivity contribution is 6.05. The zero-order chi connectivity index (χ0) is 17.5. The minimum absolute atomic E-state index is 0.0358. The Kier molecular flexibility index (Phi) is 5.68. The second-order valence-corrected chi connectivity index (χ2v) is 5.20. The Hall–Kier alpha value is -3.15. The van der Waals surface area contributed by atoms with Crippen molar-refractivity contribution in [3.63, 3.8) is 0 Å². The second-order valence-electron chi connectivity index (χ2n) is 5.20. The van der Waals surface area contributed by atoms with Gasteiger partial charge in [0.15, 0.2) is 0 Å². The molecule has 2 amide bonds. The molecule has 0 unspecified atom stereocenters. The van der Waals surface area contributed by atoms with Crippen molar-refractivity contribution in [1.82, 2.24) is 0 Å². The van der Waals surface area contributed by atoms with E-state index in [4.69, 9.17) is 0 Å². The quantitative estimate of drug-likeness (QED) is 0.849. The molecule has 0 aliphatic carbocycles. The molecule has 2 rings (SSSR count). The van der Waals surface area contributed by atoms with Crippen molar-refractivity contribution >= 4 is 29.2 Å². The van der Waals surface area contributed by atoms with E-state index in [9.17, 15) is 19.5 Å². The van der Waals surface area contributed by atoms with Gasteiger partial charge < -0.3 is 20.5 Å². The van der Waals surface area contributed by atoms with Crippen LogP contribution in [0.5, 0.6) is 0 Å². The maximum atomic E-state index is 12.2. The number of anilines is 2. The molecular weight excluding hydrogens is 308 g/mol. The van der Waals surface area contributed by atoms with E-state index in [1.807, 2.05) is 6.92 Å². The van der Waals surface area contributed by atoms with Crippen molar-refractivity contribution in [3.05, 3.63) is 59.7 Å². The van der Waals surface area contributed by atoms with Crippen molar-refractivity contribution in [3.8, 4) is 0 Å². The molecule has 0 radical (unpaired) electrons. The fraction of sp³-hybridized carbons (Fsp3) is 0.167. The summed E-state index contributed by atoms with van der Waals surface area (Å²) in [6.07, 6.45) is 1.16. The van der Waals surface area contributed by atoms with Crippen LogP contribution in [0.2, 0.25) is 0 Å². The van der Waals surface area contributed by atoms with Crippen LogP contribution in [0.4, 0.5) is 11.4 Å². The highest BCUT2D eigenvalue weighted by Gasteiger charge is 2.08. The SMILES string of the molecule is CCCC(=O)Nc1cccc(C(=O)Nc2ccc(C(=O)[O-])cc2)c1. The van der Waals surface area contributed by atoms with Gasteiger partial charge in [-0.25, -0.2) is 0 Å². The Morgan fingerprint density at radius 2 is 1.62 bits per heavy atom. The number of rotatable bonds is 6. The molecule has 124 valence electrons. The van der Waals surface area contributed by atoms with E-state index < -0.39 is 5.97 Å². The molecule has 0 spiro atoms. The fourth-order valence-corrected chi connectivity index (χ4v) is 2.08. The third kappa shape index (κ3) is 4.67. The first-order chi connectivity index (χ1) is 11.5. The maximum absolute atomic E-state index is 12.2. The van der Waals surface area contributed by atoms with Gasteiger partial charge in [-0.1, -0.05) is 25.1 Å². The van der Waals surface area contributed by atoms with E-state index in [0.29, 0.717) is 23.4 Å². The molecule has 0 heterocycles. The molecule has 0 atom stereocenters. The molecule has 6 nitrogen and oxygen atoms in total. The topological polar surface area (TPSA) is 98.3 Å². The predicted octanol–water partition coefficient (Wildman–Crippen LogP) is 2.04. The van der Waals surface area contributed by atoms with Crippen molar-refractivity contribution in [1.29, 1.82) is 0 Å².